The second-order valence-electron chi connectivity index (χ2n) is 11.1. The van der Waals surface area contributed by atoms with Crippen LogP contribution < -0.4 is 5.32 Å². The maximum atomic E-state index is 13.9. The standard InChI is InChI=1S/C28H36ClN7O6S2/c1-5-42-24(38)15-30-22(37)14-19-16-35(44(40,41)23-13-17-12-18(29)6-7-20(17)31-23)10-11-36(19)28(39)26-32-21-8-9-34(4)27(33(2)3)25(21)43-26/h6-7,12-13,19,27,31H,5,8-11,14-16H2,1-4H3,(H,30,37). The van der Waals surface area contributed by atoms with Crippen molar-refractivity contribution in [1.29, 1.82) is 0 Å². The molecule has 0 saturated carbocycles. The Hall–Kier alpha value is -3.08. The number of carbonyl (C=O) groups excluding carboxylic acids is 3. The average Bonchev–Trinajstić information content (AvgIpc) is 3.60. The van der Waals surface area contributed by atoms with Crippen molar-refractivity contribution in [3.8, 4) is 0 Å². The molecular weight excluding hydrogens is 630 g/mol. The summed E-state index contributed by atoms with van der Waals surface area (Å²) in [5.74, 6) is -1.45. The highest BCUT2D eigenvalue weighted by molar-refractivity contribution is 7.89. The molecule has 2 amide bonds. The van der Waals surface area contributed by atoms with E-state index in [-0.39, 0.29) is 56.3 Å². The van der Waals surface area contributed by atoms with Crippen LogP contribution in [0, 0.1) is 0 Å². The van der Waals surface area contributed by atoms with Gasteiger partial charge in [-0.15, -0.1) is 11.3 Å². The Morgan fingerprint density at radius 1 is 1.20 bits per heavy atom. The number of rotatable bonds is 9. The molecule has 5 rings (SSSR count). The number of aromatic amines is 1. The minimum Gasteiger partial charge on any atom is -0.465 e. The van der Waals surface area contributed by atoms with Gasteiger partial charge in [-0.25, -0.2) is 13.4 Å². The first-order valence-corrected chi connectivity index (χ1v) is 16.9. The van der Waals surface area contributed by atoms with Crippen LogP contribution in [0.15, 0.2) is 29.3 Å². The number of piperazine rings is 1. The Bertz CT molecular complexity index is 1670. The zero-order chi connectivity index (χ0) is 31.8. The summed E-state index contributed by atoms with van der Waals surface area (Å²) in [5.41, 5.74) is 1.49. The SMILES string of the molecule is CCOC(=O)CNC(=O)CC1CN(S(=O)(=O)c2cc3cc(Cl)ccc3[nH]2)CCN1C(=O)c1nc2c(s1)C(N(C)C)N(C)CC2. The number of H-pyrrole nitrogens is 1. The van der Waals surface area contributed by atoms with Gasteiger partial charge in [0.1, 0.15) is 11.6 Å². The lowest BCUT2D eigenvalue weighted by Gasteiger charge is -2.40. The van der Waals surface area contributed by atoms with Crippen molar-refractivity contribution in [2.75, 3.05) is 60.5 Å². The van der Waals surface area contributed by atoms with E-state index in [1.165, 1.54) is 26.6 Å². The van der Waals surface area contributed by atoms with E-state index in [9.17, 15) is 22.8 Å². The fourth-order valence-corrected chi connectivity index (χ4v) is 8.70. The van der Waals surface area contributed by atoms with Crippen molar-refractivity contribution in [2.24, 2.45) is 0 Å². The van der Waals surface area contributed by atoms with E-state index in [0.29, 0.717) is 27.4 Å². The van der Waals surface area contributed by atoms with Crippen molar-refractivity contribution >= 4 is 61.6 Å². The summed E-state index contributed by atoms with van der Waals surface area (Å²) >= 11 is 7.42. The van der Waals surface area contributed by atoms with Gasteiger partial charge in [0, 0.05) is 54.9 Å². The minimum atomic E-state index is -4.01. The van der Waals surface area contributed by atoms with Gasteiger partial charge in [0.25, 0.3) is 15.9 Å². The van der Waals surface area contributed by atoms with E-state index in [1.807, 2.05) is 21.1 Å². The number of fused-ring (bicyclic) bond motifs is 2. The second-order valence-corrected chi connectivity index (χ2v) is 14.4. The van der Waals surface area contributed by atoms with Crippen LogP contribution in [0.3, 0.4) is 0 Å². The molecule has 0 bridgehead atoms. The van der Waals surface area contributed by atoms with Crippen molar-refractivity contribution in [2.45, 2.75) is 37.0 Å². The number of thiazole rings is 1. The van der Waals surface area contributed by atoms with E-state index in [2.05, 4.69) is 20.1 Å². The van der Waals surface area contributed by atoms with E-state index in [1.54, 1.807) is 25.1 Å². The number of benzene rings is 1. The van der Waals surface area contributed by atoms with Gasteiger partial charge in [0.15, 0.2) is 5.01 Å². The van der Waals surface area contributed by atoms with Gasteiger partial charge < -0.3 is 19.9 Å². The van der Waals surface area contributed by atoms with Crippen molar-refractivity contribution < 1.29 is 27.5 Å². The number of hydrogen-bond donors (Lipinski definition) is 2. The number of amides is 2. The molecule has 16 heteroatoms. The maximum Gasteiger partial charge on any atom is 0.325 e. The Kier molecular flexibility index (Phi) is 9.63. The summed E-state index contributed by atoms with van der Waals surface area (Å²) in [6.45, 7) is 2.27. The quantitative estimate of drug-likeness (QED) is 0.327. The first-order valence-electron chi connectivity index (χ1n) is 14.3. The van der Waals surface area contributed by atoms with Crippen molar-refractivity contribution in [3.63, 3.8) is 0 Å². The first-order chi connectivity index (χ1) is 20.9. The molecule has 1 aromatic carbocycles. The molecule has 2 aromatic heterocycles. The molecule has 2 N–H and O–H groups in total. The number of carbonyl (C=O) groups is 3. The van der Waals surface area contributed by atoms with Gasteiger partial charge in [0.05, 0.1) is 29.4 Å². The zero-order valence-electron chi connectivity index (χ0n) is 25.0. The Labute approximate surface area is 265 Å². The summed E-state index contributed by atoms with van der Waals surface area (Å²) in [4.78, 5) is 53.2. The van der Waals surface area contributed by atoms with E-state index >= 15 is 0 Å². The van der Waals surface area contributed by atoms with Crippen LogP contribution in [0.4, 0.5) is 0 Å². The van der Waals surface area contributed by atoms with Crippen molar-refractivity contribution in [1.82, 2.24) is 34.3 Å². The van der Waals surface area contributed by atoms with Crippen LogP contribution in [-0.2, 0) is 30.8 Å². The molecule has 238 valence electrons. The van der Waals surface area contributed by atoms with E-state index in [0.717, 1.165) is 17.1 Å². The predicted molar refractivity (Wildman–Crippen MR) is 166 cm³/mol. The molecule has 2 atom stereocenters. The van der Waals surface area contributed by atoms with Gasteiger partial charge in [0.2, 0.25) is 5.91 Å². The zero-order valence-corrected chi connectivity index (χ0v) is 27.4. The predicted octanol–water partition coefficient (Wildman–Crippen LogP) is 1.91. The molecule has 3 aromatic rings. The molecule has 4 heterocycles. The number of likely N-dealkylation sites (N-methyl/N-ethyl adjacent to an activating group) is 1. The number of aromatic nitrogens is 2. The maximum absolute atomic E-state index is 13.9. The van der Waals surface area contributed by atoms with Gasteiger partial charge in [-0.3, -0.25) is 24.2 Å². The number of nitrogens with zero attached hydrogens (tertiary/aromatic N) is 5. The summed E-state index contributed by atoms with van der Waals surface area (Å²) in [6.07, 6.45) is 0.477. The van der Waals surface area contributed by atoms with Crippen molar-refractivity contribution in [3.05, 3.63) is 44.9 Å². The van der Waals surface area contributed by atoms with Crippen LogP contribution in [0.25, 0.3) is 10.9 Å². The Morgan fingerprint density at radius 2 is 1.98 bits per heavy atom. The van der Waals surface area contributed by atoms with E-state index in [4.69, 9.17) is 21.3 Å². The molecule has 1 fully saturated rings. The van der Waals surface area contributed by atoms with Crippen LogP contribution in [-0.4, -0.2) is 122 Å². The summed E-state index contributed by atoms with van der Waals surface area (Å²) in [6, 6.07) is 5.76. The average molecular weight is 666 g/mol. The molecule has 1 saturated heterocycles. The van der Waals surface area contributed by atoms with Crippen LogP contribution in [0.5, 0.6) is 0 Å². The summed E-state index contributed by atoms with van der Waals surface area (Å²) < 4.78 is 33.7. The smallest absolute Gasteiger partial charge is 0.325 e. The highest BCUT2D eigenvalue weighted by Gasteiger charge is 2.40. The second kappa shape index (κ2) is 13.1. The Balaban J connectivity index is 1.40. The molecule has 0 radical (unpaired) electrons. The monoisotopic (exact) mass is 665 g/mol. The number of nitrogens with one attached hydrogen (secondary N) is 2. The molecule has 2 aliphatic heterocycles. The van der Waals surface area contributed by atoms with Crippen LogP contribution in [0.1, 0.15) is 39.9 Å². The third kappa shape index (κ3) is 6.62. The lowest BCUT2D eigenvalue weighted by molar-refractivity contribution is -0.143. The first kappa shape index (κ1) is 32.3. The third-order valence-corrected chi connectivity index (χ3v) is 10.9. The molecule has 13 nitrogen and oxygen atoms in total. The molecule has 2 aliphatic rings. The number of sulfonamides is 1. The topological polar surface area (TPSA) is 148 Å². The molecule has 0 spiro atoms. The lowest BCUT2D eigenvalue weighted by Crippen LogP contribution is -2.57. The van der Waals surface area contributed by atoms with Gasteiger partial charge in [-0.2, -0.15) is 4.31 Å². The van der Waals surface area contributed by atoms with Gasteiger partial charge in [-0.05, 0) is 52.3 Å². The van der Waals surface area contributed by atoms with Gasteiger partial charge in [-0.1, -0.05) is 11.6 Å². The molecular formula is C28H36ClN7O6S2. The highest BCUT2D eigenvalue weighted by Crippen LogP contribution is 2.35. The summed E-state index contributed by atoms with van der Waals surface area (Å²) in [5, 5.41) is 3.95. The molecule has 0 aliphatic carbocycles. The number of esters is 1. The minimum absolute atomic E-state index is 0.00787. The normalized spacial score (nSPS) is 19.7. The van der Waals surface area contributed by atoms with Crippen LogP contribution in [0.2, 0.25) is 5.02 Å². The third-order valence-electron chi connectivity index (χ3n) is 7.79. The molecule has 44 heavy (non-hydrogen) atoms. The van der Waals surface area contributed by atoms with E-state index < -0.39 is 27.9 Å². The fourth-order valence-electron chi connectivity index (χ4n) is 5.70. The lowest BCUT2D eigenvalue weighted by atomic mass is 10.1. The van der Waals surface area contributed by atoms with Gasteiger partial charge >= 0.3 is 5.97 Å². The highest BCUT2D eigenvalue weighted by atomic mass is 35.5. The Morgan fingerprint density at radius 3 is 2.70 bits per heavy atom. The van der Waals surface area contributed by atoms with Crippen LogP contribution >= 0.6 is 22.9 Å². The number of ether oxygens (including phenoxy) is 1. The fraction of sp³-hybridized carbons (Fsp3) is 0.500. The number of halogens is 1. The number of hydrogen-bond acceptors (Lipinski definition) is 10. The molecule has 2 unspecified atom stereocenters. The largest absolute Gasteiger partial charge is 0.465 e. The summed E-state index contributed by atoms with van der Waals surface area (Å²) in [7, 11) is 1.97.